The Morgan fingerprint density at radius 1 is 1.42 bits per heavy atom. The molecule has 104 valence electrons. The van der Waals surface area contributed by atoms with Gasteiger partial charge >= 0.3 is 5.97 Å². The second-order valence-electron chi connectivity index (χ2n) is 4.72. The van der Waals surface area contributed by atoms with Crippen molar-refractivity contribution < 1.29 is 14.7 Å². The highest BCUT2D eigenvalue weighted by Gasteiger charge is 2.19. The SMILES string of the molecule is CC(C)CC(Nc1ccc(C(N)=O)c(Br)c1)C(=O)O. The number of carbonyl (C=O) groups excluding carboxylic acids is 1. The number of anilines is 1. The minimum absolute atomic E-state index is 0.266. The average Bonchev–Trinajstić information content (AvgIpc) is 2.26. The number of hydrogen-bond donors (Lipinski definition) is 3. The van der Waals surface area contributed by atoms with E-state index in [-0.39, 0.29) is 5.92 Å². The average molecular weight is 329 g/mol. The Bertz CT molecular complexity index is 489. The first-order valence-corrected chi connectivity index (χ1v) is 6.69. The van der Waals surface area contributed by atoms with Gasteiger partial charge in [-0.3, -0.25) is 4.79 Å². The van der Waals surface area contributed by atoms with Crippen LogP contribution in [-0.2, 0) is 4.79 Å². The third-order valence-corrected chi connectivity index (χ3v) is 3.24. The molecule has 5 nitrogen and oxygen atoms in total. The van der Waals surface area contributed by atoms with E-state index < -0.39 is 17.9 Å². The topological polar surface area (TPSA) is 92.4 Å². The zero-order valence-corrected chi connectivity index (χ0v) is 12.4. The molecule has 0 heterocycles. The Kier molecular flexibility index (Phi) is 5.35. The number of rotatable bonds is 6. The van der Waals surface area contributed by atoms with Crippen LogP contribution in [0.4, 0.5) is 5.69 Å². The Labute approximate surface area is 120 Å². The second kappa shape index (κ2) is 6.56. The summed E-state index contributed by atoms with van der Waals surface area (Å²) in [6.07, 6.45) is 0.518. The van der Waals surface area contributed by atoms with Gasteiger partial charge < -0.3 is 16.2 Å². The molecule has 4 N–H and O–H groups in total. The molecule has 0 aromatic heterocycles. The zero-order chi connectivity index (χ0) is 14.6. The van der Waals surface area contributed by atoms with Crippen molar-refractivity contribution >= 4 is 33.5 Å². The molecule has 0 saturated heterocycles. The van der Waals surface area contributed by atoms with E-state index in [1.54, 1.807) is 18.2 Å². The Morgan fingerprint density at radius 2 is 2.05 bits per heavy atom. The largest absolute Gasteiger partial charge is 0.480 e. The molecule has 0 radical (unpaired) electrons. The van der Waals surface area contributed by atoms with Gasteiger partial charge in [0.05, 0.1) is 5.56 Å². The highest BCUT2D eigenvalue weighted by molar-refractivity contribution is 9.10. The molecule has 0 saturated carbocycles. The van der Waals surface area contributed by atoms with E-state index in [1.165, 1.54) is 0 Å². The molecular weight excluding hydrogens is 312 g/mol. The van der Waals surface area contributed by atoms with E-state index in [4.69, 9.17) is 10.8 Å². The summed E-state index contributed by atoms with van der Waals surface area (Å²) in [6.45, 7) is 3.92. The van der Waals surface area contributed by atoms with Crippen molar-refractivity contribution in [3.8, 4) is 0 Å². The number of hydrogen-bond acceptors (Lipinski definition) is 3. The number of carboxylic acid groups (broad SMARTS) is 1. The summed E-state index contributed by atoms with van der Waals surface area (Å²) in [5.74, 6) is -1.17. The molecular formula is C13H17BrN2O3. The van der Waals surface area contributed by atoms with Gasteiger partial charge in [0.25, 0.3) is 0 Å². The van der Waals surface area contributed by atoms with E-state index in [9.17, 15) is 9.59 Å². The van der Waals surface area contributed by atoms with Crippen LogP contribution in [-0.4, -0.2) is 23.0 Å². The quantitative estimate of drug-likeness (QED) is 0.747. The van der Waals surface area contributed by atoms with Gasteiger partial charge in [-0.05, 0) is 46.5 Å². The van der Waals surface area contributed by atoms with E-state index in [2.05, 4.69) is 21.2 Å². The van der Waals surface area contributed by atoms with Gasteiger partial charge in [0.2, 0.25) is 5.91 Å². The highest BCUT2D eigenvalue weighted by atomic mass is 79.9. The number of aliphatic carboxylic acids is 1. The summed E-state index contributed by atoms with van der Waals surface area (Å²) in [6, 6.07) is 4.19. The number of halogens is 1. The number of primary amides is 1. The lowest BCUT2D eigenvalue weighted by molar-refractivity contribution is -0.138. The Morgan fingerprint density at radius 3 is 2.47 bits per heavy atom. The van der Waals surface area contributed by atoms with Gasteiger partial charge in [0.1, 0.15) is 6.04 Å². The van der Waals surface area contributed by atoms with E-state index in [0.717, 1.165) is 0 Å². The number of amides is 1. The summed E-state index contributed by atoms with van der Waals surface area (Å²) in [5, 5.41) is 12.1. The standard InChI is InChI=1S/C13H17BrN2O3/c1-7(2)5-11(13(18)19)16-8-3-4-9(12(15)17)10(14)6-8/h3-4,6-7,11,16H,5H2,1-2H3,(H2,15,17)(H,18,19). The van der Waals surface area contributed by atoms with Crippen LogP contribution < -0.4 is 11.1 Å². The summed E-state index contributed by atoms with van der Waals surface area (Å²) >= 11 is 3.24. The first-order valence-electron chi connectivity index (χ1n) is 5.90. The van der Waals surface area contributed by atoms with Gasteiger partial charge in [-0.15, -0.1) is 0 Å². The lowest BCUT2D eigenvalue weighted by atomic mass is 10.0. The van der Waals surface area contributed by atoms with Gasteiger partial charge in [-0.25, -0.2) is 4.79 Å². The van der Waals surface area contributed by atoms with Crippen LogP contribution in [0.2, 0.25) is 0 Å². The maximum absolute atomic E-state index is 11.2. The van der Waals surface area contributed by atoms with Crippen LogP contribution in [0.3, 0.4) is 0 Å². The number of nitrogens with two attached hydrogens (primary N) is 1. The van der Waals surface area contributed by atoms with Crippen molar-refractivity contribution in [2.24, 2.45) is 11.7 Å². The lowest BCUT2D eigenvalue weighted by Gasteiger charge is -2.18. The van der Waals surface area contributed by atoms with Gasteiger partial charge in [-0.1, -0.05) is 13.8 Å². The monoisotopic (exact) mass is 328 g/mol. The maximum atomic E-state index is 11.2. The first kappa shape index (κ1) is 15.5. The van der Waals surface area contributed by atoms with Crippen molar-refractivity contribution in [3.05, 3.63) is 28.2 Å². The summed E-state index contributed by atoms with van der Waals surface area (Å²) in [4.78, 5) is 22.2. The molecule has 1 unspecified atom stereocenters. The zero-order valence-electron chi connectivity index (χ0n) is 10.8. The second-order valence-corrected chi connectivity index (χ2v) is 5.58. The molecule has 0 bridgehead atoms. The predicted molar refractivity (Wildman–Crippen MR) is 77.2 cm³/mol. The summed E-state index contributed by atoms with van der Waals surface area (Å²) in [5.41, 5.74) is 6.19. The number of carboxylic acids is 1. The molecule has 1 amide bonds. The molecule has 1 atom stereocenters. The maximum Gasteiger partial charge on any atom is 0.326 e. The van der Waals surface area contributed by atoms with Crippen LogP contribution in [0.5, 0.6) is 0 Å². The molecule has 1 aromatic carbocycles. The fourth-order valence-electron chi connectivity index (χ4n) is 1.70. The van der Waals surface area contributed by atoms with Crippen LogP contribution in [0, 0.1) is 5.92 Å². The third-order valence-electron chi connectivity index (χ3n) is 2.58. The number of carbonyl (C=O) groups is 2. The molecule has 0 fully saturated rings. The van der Waals surface area contributed by atoms with Crippen molar-refractivity contribution in [2.75, 3.05) is 5.32 Å². The number of benzene rings is 1. The fraction of sp³-hybridized carbons (Fsp3) is 0.385. The highest BCUT2D eigenvalue weighted by Crippen LogP contribution is 2.22. The molecule has 0 aliphatic heterocycles. The molecule has 1 rings (SSSR count). The summed E-state index contributed by atoms with van der Waals surface area (Å²) in [7, 11) is 0. The van der Waals surface area contributed by atoms with Crippen molar-refractivity contribution in [1.82, 2.24) is 0 Å². The molecule has 1 aromatic rings. The van der Waals surface area contributed by atoms with E-state index in [1.807, 2.05) is 13.8 Å². The van der Waals surface area contributed by atoms with Gasteiger partial charge in [-0.2, -0.15) is 0 Å². The lowest BCUT2D eigenvalue weighted by Crippen LogP contribution is -2.30. The van der Waals surface area contributed by atoms with Crippen LogP contribution in [0.15, 0.2) is 22.7 Å². The van der Waals surface area contributed by atoms with Crippen molar-refractivity contribution in [1.29, 1.82) is 0 Å². The molecule has 19 heavy (non-hydrogen) atoms. The number of nitrogens with one attached hydrogen (secondary N) is 1. The summed E-state index contributed by atoms with van der Waals surface area (Å²) < 4.78 is 0.540. The van der Waals surface area contributed by atoms with Crippen LogP contribution >= 0.6 is 15.9 Å². The van der Waals surface area contributed by atoms with E-state index >= 15 is 0 Å². The first-order chi connectivity index (χ1) is 8.81. The smallest absolute Gasteiger partial charge is 0.326 e. The van der Waals surface area contributed by atoms with Crippen molar-refractivity contribution in [3.63, 3.8) is 0 Å². The van der Waals surface area contributed by atoms with Crippen LogP contribution in [0.1, 0.15) is 30.6 Å². The Balaban J connectivity index is 2.88. The fourth-order valence-corrected chi connectivity index (χ4v) is 2.27. The van der Waals surface area contributed by atoms with Crippen LogP contribution in [0.25, 0.3) is 0 Å². The molecule has 0 aliphatic carbocycles. The predicted octanol–water partition coefficient (Wildman–Crippen LogP) is 2.46. The Hall–Kier alpha value is -1.56. The minimum atomic E-state index is -0.899. The van der Waals surface area contributed by atoms with Gasteiger partial charge in [0.15, 0.2) is 0 Å². The molecule has 0 spiro atoms. The molecule has 6 heteroatoms. The van der Waals surface area contributed by atoms with E-state index in [0.29, 0.717) is 22.1 Å². The molecule has 0 aliphatic rings. The van der Waals surface area contributed by atoms with Crippen molar-refractivity contribution in [2.45, 2.75) is 26.3 Å². The normalized spacial score (nSPS) is 12.2. The third kappa shape index (κ3) is 4.55. The van der Waals surface area contributed by atoms with Gasteiger partial charge in [0, 0.05) is 10.2 Å². The minimum Gasteiger partial charge on any atom is -0.480 e.